The summed E-state index contributed by atoms with van der Waals surface area (Å²) >= 11 is 24.5. The number of H-pyrrole nitrogens is 1. The third kappa shape index (κ3) is 13.8. The number of hydrogen-bond donors (Lipinski definition) is 3. The van der Waals surface area contributed by atoms with Gasteiger partial charge >= 0.3 is 0 Å². The second kappa shape index (κ2) is 25.7. The molecule has 9 aromatic rings. The highest BCUT2D eigenvalue weighted by atomic mass is 35.5. The van der Waals surface area contributed by atoms with E-state index in [0.717, 1.165) is 53.8 Å². The van der Waals surface area contributed by atoms with E-state index in [4.69, 9.17) is 51.1 Å². The van der Waals surface area contributed by atoms with E-state index in [1.807, 2.05) is 0 Å². The summed E-state index contributed by atoms with van der Waals surface area (Å²) in [6.07, 6.45) is 8.58. The summed E-state index contributed by atoms with van der Waals surface area (Å²) in [7, 11) is -7.80. The number of fused-ring (bicyclic) bond motifs is 2. The van der Waals surface area contributed by atoms with Gasteiger partial charge in [-0.25, -0.2) is 44.4 Å². The molecule has 0 unspecified atom stereocenters. The van der Waals surface area contributed by atoms with Crippen LogP contribution in [-0.4, -0.2) is 78.5 Å². The molecule has 5 heterocycles. The molecule has 1 aliphatic heterocycles. The van der Waals surface area contributed by atoms with Gasteiger partial charge < -0.3 is 9.72 Å². The maximum Gasteiger partial charge on any atom is 0.266 e. The number of pyridine rings is 2. The summed E-state index contributed by atoms with van der Waals surface area (Å²) in [6.45, 7) is 5.27. The molecule has 1 fully saturated rings. The fraction of sp³-hybridized carbons (Fsp3) is 0.175. The summed E-state index contributed by atoms with van der Waals surface area (Å²) in [5.41, 5.74) is -0.325. The van der Waals surface area contributed by atoms with Gasteiger partial charge in [0.15, 0.2) is 11.6 Å². The Bertz CT molecular complexity index is 4080. The number of hydrogen-bond acceptors (Lipinski definition) is 10. The normalized spacial score (nSPS) is 12.4. The number of ether oxygens (including phenoxy) is 1. The van der Waals surface area contributed by atoms with E-state index in [-0.39, 0.29) is 55.7 Å². The molecule has 5 aromatic carbocycles. The van der Waals surface area contributed by atoms with Crippen molar-refractivity contribution in [2.24, 2.45) is 0 Å². The maximum absolute atomic E-state index is 15.6. The second-order valence-corrected chi connectivity index (χ2v) is 23.5. The quantitative estimate of drug-likeness (QED) is 0.0655. The van der Waals surface area contributed by atoms with E-state index >= 15 is 13.2 Å². The zero-order valence-corrected chi connectivity index (χ0v) is 47.4. The highest BCUT2D eigenvalue weighted by Crippen LogP contribution is 2.35. The Balaban J connectivity index is 0.000000201. The number of halogens is 8. The van der Waals surface area contributed by atoms with E-state index in [1.54, 1.807) is 86.8 Å². The molecular weight excluding hydrogens is 1180 g/mol. The van der Waals surface area contributed by atoms with Crippen LogP contribution in [0.5, 0.6) is 0 Å². The van der Waals surface area contributed by atoms with Crippen LogP contribution in [-0.2, 0) is 24.8 Å². The first kappa shape index (κ1) is 59.9. The Morgan fingerprint density at radius 2 is 1.07 bits per heavy atom. The second-order valence-electron chi connectivity index (χ2n) is 18.1. The van der Waals surface area contributed by atoms with Crippen LogP contribution in [0, 0.1) is 23.3 Å². The van der Waals surface area contributed by atoms with Crippen LogP contribution >= 0.6 is 46.4 Å². The molecular formula is C57H46Cl4F4N6O8S2. The minimum Gasteiger partial charge on any atom is -0.381 e. The summed E-state index contributed by atoms with van der Waals surface area (Å²) < 4.78 is 119. The van der Waals surface area contributed by atoms with Crippen LogP contribution in [0.1, 0.15) is 81.7 Å². The molecule has 10 rings (SSSR count). The first-order valence-electron chi connectivity index (χ1n) is 24.7. The van der Waals surface area contributed by atoms with Crippen LogP contribution in [0.3, 0.4) is 0 Å². The van der Waals surface area contributed by atoms with Crippen molar-refractivity contribution < 1.29 is 53.5 Å². The van der Waals surface area contributed by atoms with Crippen LogP contribution in [0.2, 0.25) is 20.1 Å². The molecule has 0 spiro atoms. The molecule has 420 valence electrons. The van der Waals surface area contributed by atoms with Crippen LogP contribution in [0.4, 0.5) is 28.9 Å². The Hall–Kier alpha value is -7.17. The molecule has 0 aliphatic carbocycles. The van der Waals surface area contributed by atoms with Crippen molar-refractivity contribution in [3.63, 3.8) is 0 Å². The van der Waals surface area contributed by atoms with Gasteiger partial charge in [0.25, 0.3) is 5.91 Å². The van der Waals surface area contributed by atoms with Crippen molar-refractivity contribution in [2.45, 2.75) is 39.5 Å². The Kier molecular flexibility index (Phi) is 19.0. The van der Waals surface area contributed by atoms with Gasteiger partial charge in [-0.05, 0) is 110 Å². The number of nitrogens with zero attached hydrogens (tertiary/aromatic N) is 3. The third-order valence-corrected chi connectivity index (χ3v) is 16.4. The number of ketones is 2. The minimum atomic E-state index is -3.96. The summed E-state index contributed by atoms with van der Waals surface area (Å²) in [6, 6.07) is 24.9. The van der Waals surface area contributed by atoms with Gasteiger partial charge in [-0.15, -0.1) is 0 Å². The van der Waals surface area contributed by atoms with E-state index in [2.05, 4.69) is 24.4 Å². The molecule has 0 bridgehead atoms. The molecule has 14 nitrogen and oxygen atoms in total. The average Bonchev–Trinajstić information content (AvgIpc) is 4.46. The van der Waals surface area contributed by atoms with Gasteiger partial charge in [0.05, 0.1) is 55.2 Å². The number of benzene rings is 5. The fourth-order valence-corrected chi connectivity index (χ4v) is 11.6. The Morgan fingerprint density at radius 3 is 1.54 bits per heavy atom. The first-order chi connectivity index (χ1) is 38.6. The van der Waals surface area contributed by atoms with Crippen molar-refractivity contribution in [1.82, 2.24) is 19.5 Å². The lowest BCUT2D eigenvalue weighted by Gasteiger charge is -2.11. The molecule has 0 radical (unpaired) electrons. The zero-order valence-electron chi connectivity index (χ0n) is 42.7. The predicted molar refractivity (Wildman–Crippen MR) is 308 cm³/mol. The summed E-state index contributed by atoms with van der Waals surface area (Å²) in [5, 5.41) is 1.57. The largest absolute Gasteiger partial charge is 0.381 e. The topological polar surface area (TPSA) is 199 Å². The van der Waals surface area contributed by atoms with Gasteiger partial charge in [0.1, 0.15) is 22.9 Å². The number of nitrogens with one attached hydrogen (secondary N) is 3. The lowest BCUT2D eigenvalue weighted by atomic mass is 10.00. The number of sulfonamides is 2. The lowest BCUT2D eigenvalue weighted by Crippen LogP contribution is -2.18. The number of rotatable bonds is 15. The highest BCUT2D eigenvalue weighted by Gasteiger charge is 2.30. The van der Waals surface area contributed by atoms with Crippen molar-refractivity contribution in [3.8, 4) is 22.3 Å². The SMILES string of the molecule is C1CCOC1.CCCS(=O)(=O)Nc1ccc(F)c(C(=O)c2c[nH]c3ncc(-c4ccc(Cl)cc4)cc23)c1F.CCCS(=O)(=O)Nc1ccc(F)c(C(=O)c2cn(C(=O)c3c(Cl)cccc3Cl)c3ncc(-c4ccc(Cl)cc4)cc23)c1F. The average molecular weight is 1220 g/mol. The van der Waals surface area contributed by atoms with E-state index < -0.39 is 83.3 Å². The molecule has 81 heavy (non-hydrogen) atoms. The van der Waals surface area contributed by atoms with Crippen LogP contribution < -0.4 is 9.44 Å². The molecule has 0 saturated carbocycles. The minimum absolute atomic E-state index is 0.000297. The number of aromatic amines is 1. The summed E-state index contributed by atoms with van der Waals surface area (Å²) in [4.78, 5) is 52.2. The standard InChI is InChI=1S/C30H20Cl3F2N3O4S.C23H18ClF2N3O3S.C4H8O/c1-2-12-43(41,42)37-24-11-10-23(34)26(27(24)35)28(39)20-15-38(30(40)25-21(32)4-3-5-22(25)33)29-19(20)13-17(14-36-29)16-6-8-18(31)9-7-16;1-2-9-33(31,32)29-19-8-7-18(25)20(21(19)26)22(30)17-12-28-23-16(17)10-14(11-27-23)13-3-5-15(24)6-4-13;1-2-4-5-3-1/h3-11,13-15,37H,2,12H2,1H3;3-8,10-12,29H,2,9H2,1H3,(H,27,28);1-4H2. The molecule has 0 amide bonds. The lowest BCUT2D eigenvalue weighted by molar-refractivity contribution is 0.0963. The Morgan fingerprint density at radius 1 is 0.605 bits per heavy atom. The van der Waals surface area contributed by atoms with E-state index in [1.165, 1.54) is 37.4 Å². The van der Waals surface area contributed by atoms with Gasteiger partial charge in [-0.3, -0.25) is 28.4 Å². The maximum atomic E-state index is 15.6. The third-order valence-electron chi connectivity index (χ3n) is 12.4. The van der Waals surface area contributed by atoms with Gasteiger partial charge in [0.2, 0.25) is 31.6 Å². The number of anilines is 2. The molecule has 3 N–H and O–H groups in total. The van der Waals surface area contributed by atoms with Crippen molar-refractivity contribution in [3.05, 3.63) is 199 Å². The summed E-state index contributed by atoms with van der Waals surface area (Å²) in [5.74, 6) is -8.42. The van der Waals surface area contributed by atoms with Crippen LogP contribution in [0.15, 0.2) is 128 Å². The van der Waals surface area contributed by atoms with E-state index in [0.29, 0.717) is 44.2 Å². The van der Waals surface area contributed by atoms with Crippen LogP contribution in [0.25, 0.3) is 44.3 Å². The van der Waals surface area contributed by atoms with Gasteiger partial charge in [-0.1, -0.05) is 90.6 Å². The monoisotopic (exact) mass is 1220 g/mol. The van der Waals surface area contributed by atoms with Gasteiger partial charge in [-0.2, -0.15) is 0 Å². The fourth-order valence-electron chi connectivity index (χ4n) is 8.49. The zero-order chi connectivity index (χ0) is 58.3. The predicted octanol–water partition coefficient (Wildman–Crippen LogP) is 14.4. The smallest absolute Gasteiger partial charge is 0.266 e. The first-order valence-corrected chi connectivity index (χ1v) is 29.6. The molecule has 24 heteroatoms. The van der Waals surface area contributed by atoms with E-state index in [9.17, 15) is 35.6 Å². The van der Waals surface area contributed by atoms with Crippen molar-refractivity contribution in [2.75, 3.05) is 34.2 Å². The van der Waals surface area contributed by atoms with Gasteiger partial charge in [0, 0.05) is 75.5 Å². The molecule has 1 aliphatic rings. The molecule has 0 atom stereocenters. The Labute approximate surface area is 482 Å². The molecule has 1 saturated heterocycles. The number of aromatic nitrogens is 4. The molecule has 4 aromatic heterocycles. The number of carbonyl (C=O) groups excluding carboxylic acids is 3. The van der Waals surface area contributed by atoms with Crippen molar-refractivity contribution in [1.29, 1.82) is 0 Å². The highest BCUT2D eigenvalue weighted by molar-refractivity contribution is 7.92. The number of carbonyl (C=O) groups is 3. The van der Waals surface area contributed by atoms with Crippen molar-refractivity contribution >= 4 is 117 Å².